The van der Waals surface area contributed by atoms with Crippen LogP contribution in [0.4, 0.5) is 0 Å². The topological polar surface area (TPSA) is 135 Å². The molecule has 0 saturated heterocycles. The van der Waals surface area contributed by atoms with E-state index in [9.17, 15) is 0 Å². The molecule has 0 aromatic rings. The van der Waals surface area contributed by atoms with Crippen molar-refractivity contribution in [2.45, 2.75) is 26.4 Å². The third kappa shape index (κ3) is 300. The number of hydrogen-bond acceptors (Lipinski definition) is 3. The summed E-state index contributed by atoms with van der Waals surface area (Å²) in [5.74, 6) is 0. The minimum absolute atomic E-state index is 0.116. The second kappa shape index (κ2) is 14.5. The predicted octanol–water partition coefficient (Wildman–Crippen LogP) is 0.0340. The van der Waals surface area contributed by atoms with Crippen molar-refractivity contribution in [1.82, 2.24) is 0 Å². The highest BCUT2D eigenvalue weighted by Gasteiger charge is 1.93. The Balaban J connectivity index is -0.000000117. The third-order valence-electron chi connectivity index (χ3n) is 0.591. The Labute approximate surface area is 77.6 Å². The molecule has 0 aromatic carbocycles. The molecule has 0 bridgehead atoms. The van der Waals surface area contributed by atoms with E-state index in [-0.39, 0.29) is 6.10 Å². The molecule has 0 spiro atoms. The summed E-state index contributed by atoms with van der Waals surface area (Å²) in [4.78, 5) is 28.5. The Morgan fingerprint density at radius 3 is 1.15 bits per heavy atom. The van der Waals surface area contributed by atoms with Crippen molar-refractivity contribution in [3.05, 3.63) is 0 Å². The molecule has 0 fully saturated rings. The van der Waals surface area contributed by atoms with Gasteiger partial charge in [-0.1, -0.05) is 6.92 Å². The van der Waals surface area contributed by atoms with Crippen LogP contribution in [0.25, 0.3) is 0 Å². The summed E-state index contributed by atoms with van der Waals surface area (Å²) >= 11 is 0. The van der Waals surface area contributed by atoms with Crippen molar-refractivity contribution in [3.8, 4) is 0 Å². The molecule has 0 aliphatic heterocycles. The summed E-state index contributed by atoms with van der Waals surface area (Å²) in [6.45, 7) is 3.73. The van der Waals surface area contributed by atoms with Gasteiger partial charge < -0.3 is 5.11 Å². The van der Waals surface area contributed by atoms with Gasteiger partial charge in [0.1, 0.15) is 0 Å². The Morgan fingerprint density at radius 2 is 1.15 bits per heavy atom. The van der Waals surface area contributed by atoms with Gasteiger partial charge in [-0.2, -0.15) is 0 Å². The Kier molecular flexibility index (Phi) is 20.9. The smallest absolute Gasteiger partial charge is 0.393 e. The van der Waals surface area contributed by atoms with Gasteiger partial charge >= 0.3 is 16.5 Å². The molecule has 0 aliphatic rings. The second-order valence-corrected chi connectivity index (χ2v) is 2.77. The van der Waals surface area contributed by atoms with Crippen molar-refractivity contribution < 1.29 is 33.8 Å². The number of aliphatic hydroxyl groups is 1. The molecule has 0 saturated carbocycles. The first kappa shape index (κ1) is 18.7. The molecule has 13 heavy (non-hydrogen) atoms. The van der Waals surface area contributed by atoms with Gasteiger partial charge in [0.05, 0.1) is 6.10 Å². The van der Waals surface area contributed by atoms with Crippen molar-refractivity contribution in [2.24, 2.45) is 0 Å². The maximum absolute atomic E-state index is 8.70. The number of aliphatic hydroxyl groups excluding tert-OH is 1. The fourth-order valence-electron chi connectivity index (χ4n) is 0. The zero-order chi connectivity index (χ0) is 11.4. The van der Waals surface area contributed by atoms with E-state index in [1.54, 1.807) is 6.92 Å². The minimum atomic E-state index is -2.87. The molecule has 5 N–H and O–H groups in total. The average Bonchev–Trinajstić information content (AvgIpc) is 1.84. The quantitative estimate of drug-likeness (QED) is 0.405. The van der Waals surface area contributed by atoms with Gasteiger partial charge in [-0.3, -0.25) is 0 Å². The first-order valence-electron chi connectivity index (χ1n) is 3.12. The van der Waals surface area contributed by atoms with E-state index < -0.39 is 16.5 Å². The standard InChI is InChI=1S/C4H10O.2HO3P/c1-3-4(2)5;2*1-4(2)3/h4-5H,3H2,1-2H3;2*(H-,1,2,3)/p+2. The van der Waals surface area contributed by atoms with Gasteiger partial charge in [-0.25, -0.2) is 0 Å². The van der Waals surface area contributed by atoms with E-state index >= 15 is 0 Å². The van der Waals surface area contributed by atoms with Gasteiger partial charge in [-0.05, 0) is 13.3 Å². The summed E-state index contributed by atoms with van der Waals surface area (Å²) < 4.78 is 17.4. The Morgan fingerprint density at radius 1 is 1.08 bits per heavy atom. The molecule has 1 atom stereocenters. The fraction of sp³-hybridized carbons (Fsp3) is 1.00. The molecule has 9 heteroatoms. The van der Waals surface area contributed by atoms with E-state index in [0.29, 0.717) is 0 Å². The van der Waals surface area contributed by atoms with Crippen molar-refractivity contribution in [1.29, 1.82) is 0 Å². The first-order valence-corrected chi connectivity index (χ1v) is 5.45. The van der Waals surface area contributed by atoms with Crippen LogP contribution in [0, 0.1) is 0 Å². The van der Waals surface area contributed by atoms with Crippen LogP contribution in [-0.4, -0.2) is 30.8 Å². The highest BCUT2D eigenvalue weighted by atomic mass is 31.1. The van der Waals surface area contributed by atoms with E-state index in [0.717, 1.165) is 6.42 Å². The largest absolute Gasteiger partial charge is 0.692 e. The highest BCUT2D eigenvalue weighted by molar-refractivity contribution is 7.31. The molecule has 0 aromatic heterocycles. The van der Waals surface area contributed by atoms with Crippen LogP contribution in [0.3, 0.4) is 0 Å². The van der Waals surface area contributed by atoms with Crippen LogP contribution in [0.2, 0.25) is 0 Å². The zero-order valence-electron chi connectivity index (χ0n) is 7.23. The van der Waals surface area contributed by atoms with Crippen LogP contribution in [0.15, 0.2) is 0 Å². The molecule has 7 nitrogen and oxygen atoms in total. The van der Waals surface area contributed by atoms with E-state index in [4.69, 9.17) is 33.8 Å². The molecule has 80 valence electrons. The molecule has 0 heterocycles. The summed E-state index contributed by atoms with van der Waals surface area (Å²) in [5, 5.41) is 8.36. The van der Waals surface area contributed by atoms with Crippen LogP contribution in [0.5, 0.6) is 0 Å². The SMILES string of the molecule is CCC(C)O.O=[P+](O)O.O=[P+](O)O. The summed E-state index contributed by atoms with van der Waals surface area (Å²) in [6, 6.07) is 0. The van der Waals surface area contributed by atoms with Crippen LogP contribution in [-0.2, 0) is 9.13 Å². The first-order chi connectivity index (χ1) is 5.73. The highest BCUT2D eigenvalue weighted by Crippen LogP contribution is 1.98. The summed E-state index contributed by atoms with van der Waals surface area (Å²) in [7, 11) is -5.74. The van der Waals surface area contributed by atoms with E-state index in [1.807, 2.05) is 6.92 Å². The average molecular weight is 236 g/mol. The van der Waals surface area contributed by atoms with Crippen molar-refractivity contribution in [2.75, 3.05) is 0 Å². The predicted molar refractivity (Wildman–Crippen MR) is 46.1 cm³/mol. The third-order valence-corrected chi connectivity index (χ3v) is 0.591. The Bertz CT molecular complexity index is 116. The lowest BCUT2D eigenvalue weighted by Gasteiger charge is -1.90. The minimum Gasteiger partial charge on any atom is -0.393 e. The molecule has 0 rings (SSSR count). The molecular formula is C4H14O7P2+2. The summed E-state index contributed by atoms with van der Waals surface area (Å²) in [6.07, 6.45) is 0.745. The van der Waals surface area contributed by atoms with E-state index in [1.165, 1.54) is 0 Å². The zero-order valence-corrected chi connectivity index (χ0v) is 9.02. The molecule has 0 radical (unpaired) electrons. The van der Waals surface area contributed by atoms with Crippen LogP contribution < -0.4 is 0 Å². The maximum atomic E-state index is 8.70. The monoisotopic (exact) mass is 236 g/mol. The van der Waals surface area contributed by atoms with Gasteiger partial charge in [0.25, 0.3) is 0 Å². The lowest BCUT2D eigenvalue weighted by molar-refractivity contribution is 0.191. The molecule has 0 amide bonds. The summed E-state index contributed by atoms with van der Waals surface area (Å²) in [5.41, 5.74) is 0. The Hall–Kier alpha value is -0.0000000000000000416. The van der Waals surface area contributed by atoms with Crippen molar-refractivity contribution >= 4 is 16.5 Å². The van der Waals surface area contributed by atoms with Crippen LogP contribution in [0.1, 0.15) is 20.3 Å². The normalized spacial score (nSPS) is 9.77. The van der Waals surface area contributed by atoms with Gasteiger partial charge in [0.2, 0.25) is 0 Å². The van der Waals surface area contributed by atoms with Gasteiger partial charge in [0.15, 0.2) is 0 Å². The lowest BCUT2D eigenvalue weighted by atomic mass is 10.3. The number of hydrogen-bond donors (Lipinski definition) is 5. The molecular weight excluding hydrogens is 222 g/mol. The number of rotatable bonds is 1. The van der Waals surface area contributed by atoms with E-state index in [2.05, 4.69) is 0 Å². The van der Waals surface area contributed by atoms with Gasteiger partial charge in [-0.15, -0.1) is 19.6 Å². The van der Waals surface area contributed by atoms with Crippen molar-refractivity contribution in [3.63, 3.8) is 0 Å². The second-order valence-electron chi connectivity index (χ2n) is 1.76. The molecule has 1 unspecified atom stereocenters. The van der Waals surface area contributed by atoms with Gasteiger partial charge in [0, 0.05) is 9.13 Å². The van der Waals surface area contributed by atoms with Crippen LogP contribution >= 0.6 is 16.5 Å². The lowest BCUT2D eigenvalue weighted by Crippen LogP contribution is -1.93. The fourth-order valence-corrected chi connectivity index (χ4v) is 0. The molecule has 0 aliphatic carbocycles. The maximum Gasteiger partial charge on any atom is 0.692 e.